The molecule has 0 aliphatic carbocycles. The van der Waals surface area contributed by atoms with Crippen molar-refractivity contribution in [1.29, 1.82) is 0 Å². The van der Waals surface area contributed by atoms with E-state index in [4.69, 9.17) is 4.74 Å². The van der Waals surface area contributed by atoms with E-state index in [1.165, 1.54) is 6.20 Å². The van der Waals surface area contributed by atoms with E-state index in [0.29, 0.717) is 19.1 Å². The number of rotatable bonds is 2. The van der Waals surface area contributed by atoms with Gasteiger partial charge in [-0.25, -0.2) is 9.97 Å². The number of alkyl halides is 3. The summed E-state index contributed by atoms with van der Waals surface area (Å²) in [6.45, 7) is 4.76. The van der Waals surface area contributed by atoms with E-state index in [2.05, 4.69) is 14.9 Å². The van der Waals surface area contributed by atoms with Crippen molar-refractivity contribution >= 4 is 5.95 Å². The molecule has 2 aliphatic heterocycles. The quantitative estimate of drug-likeness (QED) is 0.832. The molecule has 2 saturated heterocycles. The molecule has 2 aliphatic rings. The van der Waals surface area contributed by atoms with Gasteiger partial charge in [0.2, 0.25) is 5.95 Å². The lowest BCUT2D eigenvalue weighted by Gasteiger charge is -2.40. The molecule has 0 atom stereocenters. The average molecular weight is 316 g/mol. The van der Waals surface area contributed by atoms with Crippen LogP contribution >= 0.6 is 0 Å². The van der Waals surface area contributed by atoms with Crippen LogP contribution in [0.4, 0.5) is 19.1 Å². The zero-order valence-electron chi connectivity index (χ0n) is 12.2. The predicted octanol–water partition coefficient (Wildman–Crippen LogP) is 1.80. The van der Waals surface area contributed by atoms with E-state index in [9.17, 15) is 13.2 Å². The number of morpholine rings is 1. The molecule has 1 aromatic heterocycles. The topological polar surface area (TPSA) is 41.5 Å². The number of aromatic nitrogens is 2. The van der Waals surface area contributed by atoms with Crippen LogP contribution in [0.5, 0.6) is 0 Å². The molecule has 0 bridgehead atoms. The molecule has 3 heterocycles. The van der Waals surface area contributed by atoms with Gasteiger partial charge in [0, 0.05) is 38.4 Å². The maximum Gasteiger partial charge on any atom is 0.433 e. The zero-order valence-corrected chi connectivity index (χ0v) is 12.2. The second-order valence-electron chi connectivity index (χ2n) is 5.61. The van der Waals surface area contributed by atoms with Gasteiger partial charge in [-0.3, -0.25) is 4.90 Å². The van der Waals surface area contributed by atoms with Gasteiger partial charge in [0.05, 0.1) is 13.2 Å². The minimum atomic E-state index is -4.43. The largest absolute Gasteiger partial charge is 0.433 e. The Balaban J connectivity index is 1.61. The first-order chi connectivity index (χ1) is 10.5. The van der Waals surface area contributed by atoms with E-state index < -0.39 is 11.9 Å². The third kappa shape index (κ3) is 3.49. The molecule has 8 heteroatoms. The van der Waals surface area contributed by atoms with Gasteiger partial charge in [-0.05, 0) is 18.9 Å². The highest BCUT2D eigenvalue weighted by Crippen LogP contribution is 2.29. The van der Waals surface area contributed by atoms with Gasteiger partial charge in [-0.15, -0.1) is 0 Å². The molecule has 0 saturated carbocycles. The smallest absolute Gasteiger partial charge is 0.379 e. The highest BCUT2D eigenvalue weighted by molar-refractivity contribution is 5.31. The average Bonchev–Trinajstić information content (AvgIpc) is 2.55. The van der Waals surface area contributed by atoms with Crippen LogP contribution in [0.2, 0.25) is 0 Å². The maximum atomic E-state index is 12.7. The number of piperidine rings is 1. The molecule has 5 nitrogen and oxygen atoms in total. The molecule has 2 fully saturated rings. The van der Waals surface area contributed by atoms with Crippen LogP contribution < -0.4 is 4.90 Å². The molecule has 0 amide bonds. The molecular weight excluding hydrogens is 297 g/mol. The first-order valence-corrected chi connectivity index (χ1v) is 7.51. The molecule has 1 aromatic rings. The summed E-state index contributed by atoms with van der Waals surface area (Å²) in [6, 6.07) is 1.38. The summed E-state index contributed by atoms with van der Waals surface area (Å²) in [4.78, 5) is 11.9. The molecule has 0 unspecified atom stereocenters. The SMILES string of the molecule is FC(F)(F)c1ccnc(N2CCC(N3CCOCC3)CC2)n1. The Bertz CT molecular complexity index is 497. The minimum Gasteiger partial charge on any atom is -0.379 e. The maximum absolute atomic E-state index is 12.7. The number of nitrogens with zero attached hydrogens (tertiary/aromatic N) is 4. The van der Waals surface area contributed by atoms with Gasteiger partial charge < -0.3 is 9.64 Å². The van der Waals surface area contributed by atoms with Crippen molar-refractivity contribution in [3.63, 3.8) is 0 Å². The summed E-state index contributed by atoms with van der Waals surface area (Å²) >= 11 is 0. The lowest BCUT2D eigenvalue weighted by Crippen LogP contribution is -2.49. The van der Waals surface area contributed by atoms with Gasteiger partial charge >= 0.3 is 6.18 Å². The number of hydrogen-bond donors (Lipinski definition) is 0. The van der Waals surface area contributed by atoms with E-state index in [-0.39, 0.29) is 5.95 Å². The number of hydrogen-bond acceptors (Lipinski definition) is 5. The van der Waals surface area contributed by atoms with Crippen molar-refractivity contribution < 1.29 is 17.9 Å². The van der Waals surface area contributed by atoms with Crippen LogP contribution in [-0.4, -0.2) is 60.3 Å². The summed E-state index contributed by atoms with van der Waals surface area (Å²) in [5, 5.41) is 0. The van der Waals surface area contributed by atoms with Crippen molar-refractivity contribution in [2.45, 2.75) is 25.1 Å². The van der Waals surface area contributed by atoms with Crippen LogP contribution in [0.1, 0.15) is 18.5 Å². The number of anilines is 1. The summed E-state index contributed by atoms with van der Waals surface area (Å²) in [5.74, 6) is 0.176. The Kier molecular flexibility index (Phi) is 4.49. The molecule has 0 aromatic carbocycles. The Hall–Kier alpha value is -1.41. The second-order valence-corrected chi connectivity index (χ2v) is 5.61. The second kappa shape index (κ2) is 6.37. The van der Waals surface area contributed by atoms with Crippen molar-refractivity contribution in [3.8, 4) is 0 Å². The van der Waals surface area contributed by atoms with E-state index >= 15 is 0 Å². The first kappa shape index (κ1) is 15.5. The predicted molar refractivity (Wildman–Crippen MR) is 74.7 cm³/mol. The molecule has 122 valence electrons. The molecule has 22 heavy (non-hydrogen) atoms. The summed E-state index contributed by atoms with van der Waals surface area (Å²) < 4.78 is 43.5. The van der Waals surface area contributed by atoms with Crippen molar-refractivity contribution in [1.82, 2.24) is 14.9 Å². The van der Waals surface area contributed by atoms with Crippen LogP contribution in [0.3, 0.4) is 0 Å². The summed E-state index contributed by atoms with van der Waals surface area (Å²) in [6.07, 6.45) is -1.41. The van der Waals surface area contributed by atoms with Crippen LogP contribution in [0.25, 0.3) is 0 Å². The third-order valence-corrected chi connectivity index (χ3v) is 4.24. The standard InChI is InChI=1S/C14H19F3N4O/c15-14(16,17)12-1-4-18-13(19-12)21-5-2-11(3-6-21)20-7-9-22-10-8-20/h1,4,11H,2-3,5-10H2. The van der Waals surface area contributed by atoms with E-state index in [1.807, 2.05) is 4.90 Å². The van der Waals surface area contributed by atoms with Crippen LogP contribution in [-0.2, 0) is 10.9 Å². The van der Waals surface area contributed by atoms with Gasteiger partial charge in [0.15, 0.2) is 0 Å². The Morgan fingerprint density at radius 2 is 1.77 bits per heavy atom. The minimum absolute atomic E-state index is 0.176. The van der Waals surface area contributed by atoms with Crippen LogP contribution in [0.15, 0.2) is 12.3 Å². The molecule has 0 N–H and O–H groups in total. The first-order valence-electron chi connectivity index (χ1n) is 7.51. The highest BCUT2D eigenvalue weighted by atomic mass is 19.4. The normalized spacial score (nSPS) is 22.0. The Morgan fingerprint density at radius 1 is 1.09 bits per heavy atom. The molecule has 3 rings (SSSR count). The van der Waals surface area contributed by atoms with Gasteiger partial charge in [0.1, 0.15) is 5.69 Å². The van der Waals surface area contributed by atoms with E-state index in [1.54, 1.807) is 0 Å². The van der Waals surface area contributed by atoms with Crippen molar-refractivity contribution in [3.05, 3.63) is 18.0 Å². The number of ether oxygens (including phenoxy) is 1. The van der Waals surface area contributed by atoms with Crippen LogP contribution in [0, 0.1) is 0 Å². The van der Waals surface area contributed by atoms with Gasteiger partial charge in [-0.1, -0.05) is 0 Å². The molecule has 0 spiro atoms. The Morgan fingerprint density at radius 3 is 2.41 bits per heavy atom. The highest BCUT2D eigenvalue weighted by Gasteiger charge is 2.34. The fraction of sp³-hybridized carbons (Fsp3) is 0.714. The Labute approximate surface area is 127 Å². The summed E-state index contributed by atoms with van der Waals surface area (Å²) in [7, 11) is 0. The lowest BCUT2D eigenvalue weighted by atomic mass is 10.0. The van der Waals surface area contributed by atoms with Gasteiger partial charge in [0.25, 0.3) is 0 Å². The van der Waals surface area contributed by atoms with E-state index in [0.717, 1.165) is 45.2 Å². The fourth-order valence-electron chi connectivity index (χ4n) is 3.03. The number of halogens is 3. The van der Waals surface area contributed by atoms with Gasteiger partial charge in [-0.2, -0.15) is 13.2 Å². The molecule has 0 radical (unpaired) electrons. The monoisotopic (exact) mass is 316 g/mol. The summed E-state index contributed by atoms with van der Waals surface area (Å²) in [5.41, 5.74) is -0.882. The fourth-order valence-corrected chi connectivity index (χ4v) is 3.03. The zero-order chi connectivity index (χ0) is 15.6. The third-order valence-electron chi connectivity index (χ3n) is 4.24. The van der Waals surface area contributed by atoms with Crippen molar-refractivity contribution in [2.24, 2.45) is 0 Å². The lowest BCUT2D eigenvalue weighted by molar-refractivity contribution is -0.141. The van der Waals surface area contributed by atoms with Crippen molar-refractivity contribution in [2.75, 3.05) is 44.3 Å². The molecular formula is C14H19F3N4O.